The second-order valence-electron chi connectivity index (χ2n) is 3.34. The number of unbranched alkanes of at least 4 members (excludes halogenated alkanes) is 2. The molecule has 0 atom stereocenters. The Hall–Kier alpha value is 0.310. The van der Waals surface area contributed by atoms with E-state index < -0.39 is 10.3 Å². The van der Waals surface area contributed by atoms with Crippen LogP contribution < -0.4 is 0 Å². The van der Waals surface area contributed by atoms with Crippen LogP contribution in [0.2, 0.25) is 0 Å². The molecular formula is C9H22OS. The fourth-order valence-electron chi connectivity index (χ4n) is 1.01. The molecule has 0 fully saturated rings. The molecule has 0 aromatic carbocycles. The van der Waals surface area contributed by atoms with Crippen LogP contribution in [0.1, 0.15) is 39.5 Å². The Kier molecular flexibility index (Phi) is 6.06. The van der Waals surface area contributed by atoms with E-state index in [0.29, 0.717) is 0 Å². The van der Waals surface area contributed by atoms with E-state index in [-0.39, 0.29) is 0 Å². The maximum absolute atomic E-state index is 9.86. The summed E-state index contributed by atoms with van der Waals surface area (Å²) in [6.07, 6.45) is 6.82. The molecule has 0 heterocycles. The molecule has 11 heavy (non-hydrogen) atoms. The summed E-state index contributed by atoms with van der Waals surface area (Å²) in [6.45, 7) is 4.35. The van der Waals surface area contributed by atoms with E-state index in [9.17, 15) is 4.55 Å². The van der Waals surface area contributed by atoms with Crippen molar-refractivity contribution in [2.75, 3.05) is 17.8 Å². The topological polar surface area (TPSA) is 20.2 Å². The van der Waals surface area contributed by atoms with Gasteiger partial charge in [0.15, 0.2) is 0 Å². The van der Waals surface area contributed by atoms with Gasteiger partial charge in [-0.2, -0.15) is 0 Å². The van der Waals surface area contributed by atoms with E-state index in [1.807, 2.05) is 6.26 Å². The van der Waals surface area contributed by atoms with Gasteiger partial charge in [-0.15, -0.1) is 10.3 Å². The largest absolute Gasteiger partial charge is 0.352 e. The van der Waals surface area contributed by atoms with Gasteiger partial charge in [-0.25, -0.2) is 0 Å². The molecule has 0 spiro atoms. The average Bonchev–Trinajstić information content (AvgIpc) is 1.97. The SMILES string of the molecule is CCCCS(C)(O)CCCC. The van der Waals surface area contributed by atoms with Crippen molar-refractivity contribution in [1.29, 1.82) is 0 Å². The first-order valence-electron chi connectivity index (χ1n) is 4.58. The molecule has 1 N–H and O–H groups in total. The van der Waals surface area contributed by atoms with E-state index in [1.54, 1.807) is 0 Å². The monoisotopic (exact) mass is 178 g/mol. The Morgan fingerprint density at radius 3 is 1.64 bits per heavy atom. The van der Waals surface area contributed by atoms with E-state index in [4.69, 9.17) is 0 Å². The normalized spacial score (nSPS) is 13.5. The number of rotatable bonds is 6. The van der Waals surface area contributed by atoms with Crippen LogP contribution in [-0.4, -0.2) is 22.3 Å². The summed E-state index contributed by atoms with van der Waals surface area (Å²) < 4.78 is 9.86. The van der Waals surface area contributed by atoms with E-state index in [1.165, 1.54) is 25.7 Å². The van der Waals surface area contributed by atoms with Crippen LogP contribution in [0.15, 0.2) is 0 Å². The highest BCUT2D eigenvalue weighted by molar-refractivity contribution is 8.28. The lowest BCUT2D eigenvalue weighted by atomic mass is 10.4. The molecule has 0 amide bonds. The molecule has 0 radical (unpaired) electrons. The first kappa shape index (κ1) is 11.3. The molecule has 0 aliphatic rings. The lowest BCUT2D eigenvalue weighted by Gasteiger charge is -2.28. The predicted molar refractivity (Wildman–Crippen MR) is 55.7 cm³/mol. The van der Waals surface area contributed by atoms with Crippen molar-refractivity contribution in [3.63, 3.8) is 0 Å². The van der Waals surface area contributed by atoms with Crippen molar-refractivity contribution < 1.29 is 4.55 Å². The molecular weight excluding hydrogens is 156 g/mol. The highest BCUT2D eigenvalue weighted by Gasteiger charge is 2.11. The van der Waals surface area contributed by atoms with Gasteiger partial charge >= 0.3 is 0 Å². The first-order valence-corrected chi connectivity index (χ1v) is 6.92. The molecule has 0 saturated carbocycles. The predicted octanol–water partition coefficient (Wildman–Crippen LogP) is 3.49. The smallest absolute Gasteiger partial charge is 0.00151 e. The second-order valence-corrected chi connectivity index (χ2v) is 6.60. The van der Waals surface area contributed by atoms with Crippen molar-refractivity contribution in [2.24, 2.45) is 0 Å². The van der Waals surface area contributed by atoms with Crippen LogP contribution in [0.3, 0.4) is 0 Å². The Morgan fingerprint density at radius 1 is 1.00 bits per heavy atom. The zero-order valence-electron chi connectivity index (χ0n) is 8.10. The molecule has 1 nitrogen and oxygen atoms in total. The standard InChI is InChI=1S/C9H22OS/c1-4-6-8-11(3,10)9-7-5-2/h10H,4-9H2,1-3H3. The van der Waals surface area contributed by atoms with Gasteiger partial charge in [0.2, 0.25) is 0 Å². The molecule has 0 bridgehead atoms. The summed E-state index contributed by atoms with van der Waals surface area (Å²) in [5.41, 5.74) is 0. The summed E-state index contributed by atoms with van der Waals surface area (Å²) in [5, 5.41) is 0. The number of hydrogen-bond donors (Lipinski definition) is 1. The molecule has 0 aliphatic heterocycles. The Bertz CT molecular complexity index is 81.6. The van der Waals surface area contributed by atoms with Gasteiger partial charge in [-0.05, 0) is 30.6 Å². The third-order valence-electron chi connectivity index (χ3n) is 1.88. The molecule has 2 heteroatoms. The fourth-order valence-corrected chi connectivity index (χ4v) is 3.04. The number of hydrogen-bond acceptors (Lipinski definition) is 1. The Morgan fingerprint density at radius 2 is 1.36 bits per heavy atom. The lowest BCUT2D eigenvalue weighted by Crippen LogP contribution is -2.06. The quantitative estimate of drug-likeness (QED) is 0.660. The zero-order valence-corrected chi connectivity index (χ0v) is 8.91. The van der Waals surface area contributed by atoms with Crippen molar-refractivity contribution in [3.8, 4) is 0 Å². The van der Waals surface area contributed by atoms with Gasteiger partial charge in [0.1, 0.15) is 0 Å². The van der Waals surface area contributed by atoms with Crippen molar-refractivity contribution in [1.82, 2.24) is 0 Å². The van der Waals surface area contributed by atoms with E-state index in [0.717, 1.165) is 11.5 Å². The summed E-state index contributed by atoms with van der Waals surface area (Å²) in [6, 6.07) is 0. The maximum Gasteiger partial charge on any atom is -0.00151 e. The summed E-state index contributed by atoms with van der Waals surface area (Å²) >= 11 is 0. The molecule has 0 unspecified atom stereocenters. The van der Waals surface area contributed by atoms with Crippen LogP contribution in [0.25, 0.3) is 0 Å². The van der Waals surface area contributed by atoms with Crippen LogP contribution in [0.5, 0.6) is 0 Å². The highest BCUT2D eigenvalue weighted by atomic mass is 32.3. The van der Waals surface area contributed by atoms with Crippen molar-refractivity contribution >= 4 is 10.3 Å². The Labute approximate surface area is 72.7 Å². The third-order valence-corrected chi connectivity index (χ3v) is 4.21. The fraction of sp³-hybridized carbons (Fsp3) is 1.00. The molecule has 0 rings (SSSR count). The van der Waals surface area contributed by atoms with Crippen molar-refractivity contribution in [2.45, 2.75) is 39.5 Å². The van der Waals surface area contributed by atoms with Crippen LogP contribution in [-0.2, 0) is 0 Å². The maximum atomic E-state index is 9.86. The first-order chi connectivity index (χ1) is 5.12. The molecule has 0 aliphatic carbocycles. The van der Waals surface area contributed by atoms with Gasteiger partial charge in [-0.3, -0.25) is 0 Å². The van der Waals surface area contributed by atoms with Crippen LogP contribution in [0.4, 0.5) is 0 Å². The van der Waals surface area contributed by atoms with Gasteiger partial charge in [-0.1, -0.05) is 26.7 Å². The van der Waals surface area contributed by atoms with Gasteiger partial charge in [0.05, 0.1) is 0 Å². The Balaban J connectivity index is 3.43. The van der Waals surface area contributed by atoms with Crippen LogP contribution in [0, 0.1) is 0 Å². The second kappa shape index (κ2) is 5.90. The summed E-state index contributed by atoms with van der Waals surface area (Å²) in [5.74, 6) is 2.09. The lowest BCUT2D eigenvalue weighted by molar-refractivity contribution is 0.621. The third kappa shape index (κ3) is 6.70. The summed E-state index contributed by atoms with van der Waals surface area (Å²) in [4.78, 5) is 0. The summed E-state index contributed by atoms with van der Waals surface area (Å²) in [7, 11) is -1.21. The van der Waals surface area contributed by atoms with Crippen molar-refractivity contribution in [3.05, 3.63) is 0 Å². The van der Waals surface area contributed by atoms with Gasteiger partial charge in [0.25, 0.3) is 0 Å². The molecule has 70 valence electrons. The van der Waals surface area contributed by atoms with E-state index in [2.05, 4.69) is 13.8 Å². The minimum Gasteiger partial charge on any atom is -0.352 e. The average molecular weight is 178 g/mol. The minimum absolute atomic E-state index is 1.05. The molecule has 0 saturated heterocycles. The molecule has 0 aromatic heterocycles. The molecule has 0 aromatic rings. The van der Waals surface area contributed by atoms with Gasteiger partial charge in [0, 0.05) is 0 Å². The van der Waals surface area contributed by atoms with Crippen LogP contribution >= 0.6 is 10.3 Å². The van der Waals surface area contributed by atoms with Gasteiger partial charge < -0.3 is 4.55 Å². The van der Waals surface area contributed by atoms with E-state index >= 15 is 0 Å². The highest BCUT2D eigenvalue weighted by Crippen LogP contribution is 2.40. The zero-order chi connectivity index (χ0) is 8.74. The minimum atomic E-state index is -1.21.